The van der Waals surface area contributed by atoms with Gasteiger partial charge in [-0.05, 0) is 0 Å². The second-order valence-corrected chi connectivity index (χ2v) is 3.88. The summed E-state index contributed by atoms with van der Waals surface area (Å²) in [5.41, 5.74) is 6.14. The molecule has 1 aliphatic heterocycles. The number of hydrogen-bond acceptors (Lipinski definition) is 4. The third-order valence-corrected chi connectivity index (χ3v) is 2.64. The maximum atomic E-state index is 12.1. The highest BCUT2D eigenvalue weighted by Gasteiger charge is 2.24. The van der Waals surface area contributed by atoms with Gasteiger partial charge in [0.25, 0.3) is 5.91 Å². The molecule has 0 bridgehead atoms. The molecule has 6 heteroatoms. The fraction of sp³-hybridized carbons (Fsp3) is 0.600. The smallest absolute Gasteiger partial charge is 0.257 e. The first kappa shape index (κ1) is 11.1. The number of morpholine rings is 1. The van der Waals surface area contributed by atoms with Crippen molar-refractivity contribution < 1.29 is 9.53 Å². The minimum atomic E-state index is -0.0469. The Morgan fingerprint density at radius 3 is 3.19 bits per heavy atom. The van der Waals surface area contributed by atoms with Crippen molar-refractivity contribution in [3.8, 4) is 0 Å². The van der Waals surface area contributed by atoms with E-state index in [1.165, 1.54) is 0 Å². The lowest BCUT2D eigenvalue weighted by molar-refractivity contribution is -0.0167. The van der Waals surface area contributed by atoms with Crippen molar-refractivity contribution in [1.82, 2.24) is 14.7 Å². The molecule has 1 aliphatic rings. The van der Waals surface area contributed by atoms with Crippen molar-refractivity contribution in [2.75, 3.05) is 26.2 Å². The summed E-state index contributed by atoms with van der Waals surface area (Å²) in [5.74, 6) is -0.00477. The molecule has 1 saturated heterocycles. The highest BCUT2D eigenvalue weighted by atomic mass is 16.5. The zero-order valence-corrected chi connectivity index (χ0v) is 9.30. The monoisotopic (exact) mass is 224 g/mol. The Hall–Kier alpha value is -1.40. The SMILES string of the molecule is Cn1cc(C(=O)N2CCOC(CN)C2)cn1. The van der Waals surface area contributed by atoms with Crippen molar-refractivity contribution in [2.24, 2.45) is 12.8 Å². The summed E-state index contributed by atoms with van der Waals surface area (Å²) in [6, 6.07) is 0. The molecule has 0 saturated carbocycles. The van der Waals surface area contributed by atoms with Gasteiger partial charge in [0, 0.05) is 32.9 Å². The van der Waals surface area contributed by atoms with Crippen LogP contribution in [0.25, 0.3) is 0 Å². The summed E-state index contributed by atoms with van der Waals surface area (Å²) in [6.07, 6.45) is 3.25. The van der Waals surface area contributed by atoms with Gasteiger partial charge in [0.2, 0.25) is 0 Å². The Kier molecular flexibility index (Phi) is 3.21. The quantitative estimate of drug-likeness (QED) is 0.715. The van der Waals surface area contributed by atoms with E-state index >= 15 is 0 Å². The van der Waals surface area contributed by atoms with Crippen molar-refractivity contribution in [2.45, 2.75) is 6.10 Å². The summed E-state index contributed by atoms with van der Waals surface area (Å²) < 4.78 is 7.03. The van der Waals surface area contributed by atoms with Crippen LogP contribution in [0.1, 0.15) is 10.4 Å². The van der Waals surface area contributed by atoms with Gasteiger partial charge in [0.1, 0.15) is 0 Å². The highest BCUT2D eigenvalue weighted by Crippen LogP contribution is 2.09. The minimum absolute atomic E-state index is 0.00477. The molecular formula is C10H16N4O2. The number of ether oxygens (including phenoxy) is 1. The number of carbonyl (C=O) groups excluding carboxylic acids is 1. The molecule has 0 spiro atoms. The van der Waals surface area contributed by atoms with Crippen LogP contribution in [0.2, 0.25) is 0 Å². The number of nitrogens with two attached hydrogens (primary N) is 1. The third kappa shape index (κ3) is 2.23. The number of carbonyl (C=O) groups is 1. The molecule has 1 unspecified atom stereocenters. The van der Waals surface area contributed by atoms with Gasteiger partial charge in [0.05, 0.1) is 24.5 Å². The average Bonchev–Trinajstić information content (AvgIpc) is 2.75. The van der Waals surface area contributed by atoms with Gasteiger partial charge in [-0.1, -0.05) is 0 Å². The minimum Gasteiger partial charge on any atom is -0.373 e. The molecule has 0 aliphatic carbocycles. The second-order valence-electron chi connectivity index (χ2n) is 3.88. The van der Waals surface area contributed by atoms with E-state index in [4.69, 9.17) is 10.5 Å². The Morgan fingerprint density at radius 2 is 2.56 bits per heavy atom. The van der Waals surface area contributed by atoms with Crippen molar-refractivity contribution in [3.05, 3.63) is 18.0 Å². The van der Waals surface area contributed by atoms with Gasteiger partial charge < -0.3 is 15.4 Å². The molecule has 1 fully saturated rings. The van der Waals surface area contributed by atoms with Crippen LogP contribution in [0.15, 0.2) is 12.4 Å². The predicted molar refractivity (Wildman–Crippen MR) is 57.9 cm³/mol. The standard InChI is InChI=1S/C10H16N4O2/c1-13-6-8(5-12-13)10(15)14-2-3-16-9(4-11)7-14/h5-6,9H,2-4,7,11H2,1H3. The molecule has 1 amide bonds. The molecule has 16 heavy (non-hydrogen) atoms. The predicted octanol–water partition coefficient (Wildman–Crippen LogP) is -0.780. The van der Waals surface area contributed by atoms with Crippen LogP contribution in [0.5, 0.6) is 0 Å². The molecule has 1 atom stereocenters. The van der Waals surface area contributed by atoms with E-state index in [0.29, 0.717) is 31.8 Å². The van der Waals surface area contributed by atoms with Crippen LogP contribution in [-0.4, -0.2) is 52.9 Å². The van der Waals surface area contributed by atoms with E-state index in [0.717, 1.165) is 0 Å². The third-order valence-electron chi connectivity index (χ3n) is 2.64. The van der Waals surface area contributed by atoms with E-state index in [1.54, 1.807) is 29.0 Å². The summed E-state index contributed by atoms with van der Waals surface area (Å²) >= 11 is 0. The Labute approximate surface area is 94.0 Å². The van der Waals surface area contributed by atoms with Gasteiger partial charge in [-0.3, -0.25) is 9.48 Å². The fourth-order valence-electron chi connectivity index (χ4n) is 1.76. The van der Waals surface area contributed by atoms with E-state index in [1.807, 2.05) is 0 Å². The number of amides is 1. The van der Waals surface area contributed by atoms with E-state index in [9.17, 15) is 4.79 Å². The van der Waals surface area contributed by atoms with Crippen LogP contribution in [-0.2, 0) is 11.8 Å². The van der Waals surface area contributed by atoms with Gasteiger partial charge in [-0.15, -0.1) is 0 Å². The Morgan fingerprint density at radius 1 is 1.75 bits per heavy atom. The zero-order chi connectivity index (χ0) is 11.5. The normalized spacial score (nSPS) is 21.1. The zero-order valence-electron chi connectivity index (χ0n) is 9.30. The lowest BCUT2D eigenvalue weighted by Gasteiger charge is -2.32. The van der Waals surface area contributed by atoms with Gasteiger partial charge in [-0.25, -0.2) is 0 Å². The van der Waals surface area contributed by atoms with Gasteiger partial charge in [-0.2, -0.15) is 5.10 Å². The number of rotatable bonds is 2. The lowest BCUT2D eigenvalue weighted by atomic mass is 10.2. The number of nitrogens with zero attached hydrogens (tertiary/aromatic N) is 3. The summed E-state index contributed by atoms with van der Waals surface area (Å²) in [6.45, 7) is 2.17. The molecular weight excluding hydrogens is 208 g/mol. The maximum absolute atomic E-state index is 12.1. The topological polar surface area (TPSA) is 73.4 Å². The molecule has 2 N–H and O–H groups in total. The van der Waals surface area contributed by atoms with E-state index in [2.05, 4.69) is 5.10 Å². The van der Waals surface area contributed by atoms with Crippen molar-refractivity contribution >= 4 is 5.91 Å². The molecule has 0 aromatic carbocycles. The highest BCUT2D eigenvalue weighted by molar-refractivity contribution is 5.93. The van der Waals surface area contributed by atoms with Crippen LogP contribution < -0.4 is 5.73 Å². The molecule has 1 aromatic heterocycles. The number of hydrogen-bond donors (Lipinski definition) is 1. The Balaban J connectivity index is 2.04. The molecule has 2 heterocycles. The molecule has 1 aromatic rings. The largest absolute Gasteiger partial charge is 0.373 e. The first-order valence-electron chi connectivity index (χ1n) is 5.30. The van der Waals surface area contributed by atoms with Crippen LogP contribution in [0.4, 0.5) is 0 Å². The average molecular weight is 224 g/mol. The lowest BCUT2D eigenvalue weighted by Crippen LogP contribution is -2.48. The number of aryl methyl sites for hydroxylation is 1. The first-order chi connectivity index (χ1) is 7.70. The fourth-order valence-corrected chi connectivity index (χ4v) is 1.76. The summed E-state index contributed by atoms with van der Waals surface area (Å²) in [5, 5.41) is 3.98. The number of aromatic nitrogens is 2. The van der Waals surface area contributed by atoms with Crippen LogP contribution in [0.3, 0.4) is 0 Å². The van der Waals surface area contributed by atoms with Crippen molar-refractivity contribution in [3.63, 3.8) is 0 Å². The Bertz CT molecular complexity index is 377. The van der Waals surface area contributed by atoms with E-state index in [-0.39, 0.29) is 12.0 Å². The van der Waals surface area contributed by atoms with Crippen LogP contribution >= 0.6 is 0 Å². The van der Waals surface area contributed by atoms with Gasteiger partial charge in [0.15, 0.2) is 0 Å². The van der Waals surface area contributed by atoms with E-state index < -0.39 is 0 Å². The van der Waals surface area contributed by atoms with Gasteiger partial charge >= 0.3 is 0 Å². The summed E-state index contributed by atoms with van der Waals surface area (Å²) in [4.78, 5) is 13.8. The maximum Gasteiger partial charge on any atom is 0.257 e. The molecule has 6 nitrogen and oxygen atoms in total. The molecule has 0 radical (unpaired) electrons. The molecule has 88 valence electrons. The first-order valence-corrected chi connectivity index (χ1v) is 5.30. The second kappa shape index (κ2) is 4.63. The van der Waals surface area contributed by atoms with Crippen LogP contribution in [0, 0.1) is 0 Å². The van der Waals surface area contributed by atoms with Crippen molar-refractivity contribution in [1.29, 1.82) is 0 Å². The molecule has 2 rings (SSSR count). The summed E-state index contributed by atoms with van der Waals surface area (Å²) in [7, 11) is 1.79.